The lowest BCUT2D eigenvalue weighted by molar-refractivity contribution is 0.0411. The quantitative estimate of drug-likeness (QED) is 0.246. The maximum Gasteiger partial charge on any atom is 0.0575 e. The standard InChI is InChI=1S/C21H40O/c1-2-3-4-5-6-7-8-9-10-11-14-17-20-22-21-18-15-12-13-16-19-21/h12,21H,1-11,13-20H2. The molecule has 1 heteroatoms. The molecule has 130 valence electrons. The lowest BCUT2D eigenvalue weighted by Gasteiger charge is -2.15. The Hall–Kier alpha value is -0.0400. The van der Waals surface area contributed by atoms with Gasteiger partial charge in [0.25, 0.3) is 0 Å². The lowest BCUT2D eigenvalue weighted by atomic mass is 10.1. The normalized spacial score (nSPS) is 16.8. The molecule has 0 saturated heterocycles. The number of rotatable bonds is 14. The van der Waals surface area contributed by atoms with Gasteiger partial charge in [-0.2, -0.15) is 0 Å². The van der Waals surface area contributed by atoms with Crippen LogP contribution in [0.3, 0.4) is 0 Å². The van der Waals surface area contributed by atoms with Crippen molar-refractivity contribution in [2.75, 3.05) is 6.61 Å². The smallest absolute Gasteiger partial charge is 0.0575 e. The van der Waals surface area contributed by atoms with E-state index >= 15 is 0 Å². The molecule has 1 saturated carbocycles. The first-order valence-corrected chi connectivity index (χ1v) is 10.2. The van der Waals surface area contributed by atoms with E-state index in [1.165, 1.54) is 103 Å². The molecule has 1 aliphatic carbocycles. The van der Waals surface area contributed by atoms with Gasteiger partial charge in [0.05, 0.1) is 6.10 Å². The molecular weight excluding hydrogens is 268 g/mol. The van der Waals surface area contributed by atoms with Crippen molar-refractivity contribution < 1.29 is 4.74 Å². The fourth-order valence-corrected chi connectivity index (χ4v) is 3.37. The Bertz CT molecular complexity index is 206. The van der Waals surface area contributed by atoms with E-state index < -0.39 is 0 Å². The molecule has 1 unspecified atom stereocenters. The van der Waals surface area contributed by atoms with Crippen molar-refractivity contribution >= 4 is 0 Å². The van der Waals surface area contributed by atoms with Crippen LogP contribution in [0.4, 0.5) is 0 Å². The average Bonchev–Trinajstić information content (AvgIpc) is 2.80. The van der Waals surface area contributed by atoms with Crippen molar-refractivity contribution in [1.82, 2.24) is 0 Å². The van der Waals surface area contributed by atoms with Crippen molar-refractivity contribution in [2.24, 2.45) is 0 Å². The summed E-state index contributed by atoms with van der Waals surface area (Å²) in [7, 11) is 0. The zero-order valence-electron chi connectivity index (χ0n) is 15.0. The first kappa shape index (κ1) is 20.0. The SMILES string of the molecule is [CH2]CCCCCCCCCCCCCOC1CC[CH]CCC1. The van der Waals surface area contributed by atoms with Crippen LogP contribution in [0, 0.1) is 13.3 Å². The maximum absolute atomic E-state index is 6.03. The number of hydrogen-bond acceptors (Lipinski definition) is 1. The van der Waals surface area contributed by atoms with Gasteiger partial charge >= 0.3 is 0 Å². The number of hydrogen-bond donors (Lipinski definition) is 0. The predicted octanol–water partition coefficient (Wildman–Crippen LogP) is 7.06. The van der Waals surface area contributed by atoms with E-state index in [9.17, 15) is 0 Å². The second-order valence-corrected chi connectivity index (χ2v) is 7.03. The van der Waals surface area contributed by atoms with E-state index in [1.807, 2.05) is 0 Å². The summed E-state index contributed by atoms with van der Waals surface area (Å²) in [6, 6.07) is 0. The monoisotopic (exact) mass is 308 g/mol. The van der Waals surface area contributed by atoms with Gasteiger partial charge in [-0.25, -0.2) is 0 Å². The molecule has 1 rings (SSSR count). The highest BCUT2D eigenvalue weighted by Gasteiger charge is 2.11. The molecule has 1 atom stereocenters. The Morgan fingerprint density at radius 1 is 0.727 bits per heavy atom. The van der Waals surface area contributed by atoms with Crippen LogP contribution in [0.2, 0.25) is 0 Å². The van der Waals surface area contributed by atoms with Gasteiger partial charge in [0.1, 0.15) is 0 Å². The predicted molar refractivity (Wildman–Crippen MR) is 97.9 cm³/mol. The summed E-state index contributed by atoms with van der Waals surface area (Å²) in [5.41, 5.74) is 0. The van der Waals surface area contributed by atoms with Crippen LogP contribution in [0.5, 0.6) is 0 Å². The van der Waals surface area contributed by atoms with Crippen LogP contribution in [0.15, 0.2) is 0 Å². The third-order valence-electron chi connectivity index (χ3n) is 4.88. The van der Waals surface area contributed by atoms with Gasteiger partial charge in [-0.1, -0.05) is 90.4 Å². The van der Waals surface area contributed by atoms with Crippen molar-refractivity contribution in [1.29, 1.82) is 0 Å². The summed E-state index contributed by atoms with van der Waals surface area (Å²) in [6.45, 7) is 4.89. The fourth-order valence-electron chi connectivity index (χ4n) is 3.37. The fraction of sp³-hybridized carbons (Fsp3) is 0.905. The number of ether oxygens (including phenoxy) is 1. The largest absolute Gasteiger partial charge is 0.378 e. The molecule has 22 heavy (non-hydrogen) atoms. The molecule has 0 bridgehead atoms. The molecule has 0 aliphatic heterocycles. The molecular formula is C21H40O. The molecule has 0 amide bonds. The molecule has 0 aromatic rings. The van der Waals surface area contributed by atoms with E-state index in [2.05, 4.69) is 13.3 Å². The summed E-state index contributed by atoms with van der Waals surface area (Å²) >= 11 is 0. The van der Waals surface area contributed by atoms with Crippen LogP contribution < -0.4 is 0 Å². The van der Waals surface area contributed by atoms with Crippen LogP contribution in [0.1, 0.15) is 109 Å². The van der Waals surface area contributed by atoms with Crippen molar-refractivity contribution in [3.8, 4) is 0 Å². The first-order valence-electron chi connectivity index (χ1n) is 10.2. The Labute approximate surface area is 140 Å². The lowest BCUT2D eigenvalue weighted by Crippen LogP contribution is -2.12. The Morgan fingerprint density at radius 2 is 1.32 bits per heavy atom. The third kappa shape index (κ3) is 12.5. The zero-order chi connectivity index (χ0) is 15.7. The highest BCUT2D eigenvalue weighted by Crippen LogP contribution is 2.19. The summed E-state index contributed by atoms with van der Waals surface area (Å²) in [6.07, 6.45) is 25.9. The van der Waals surface area contributed by atoms with Gasteiger partial charge in [0, 0.05) is 6.61 Å². The van der Waals surface area contributed by atoms with Gasteiger partial charge in [-0.05, 0) is 32.1 Å². The molecule has 0 heterocycles. The minimum Gasteiger partial charge on any atom is -0.378 e. The van der Waals surface area contributed by atoms with Gasteiger partial charge in [-0.3, -0.25) is 0 Å². The maximum atomic E-state index is 6.03. The molecule has 0 aromatic carbocycles. The molecule has 0 N–H and O–H groups in total. The van der Waals surface area contributed by atoms with Gasteiger partial charge in [-0.15, -0.1) is 0 Å². The van der Waals surface area contributed by atoms with Crippen LogP contribution >= 0.6 is 0 Å². The van der Waals surface area contributed by atoms with Crippen molar-refractivity contribution in [3.05, 3.63) is 13.3 Å². The summed E-state index contributed by atoms with van der Waals surface area (Å²) in [4.78, 5) is 0. The van der Waals surface area contributed by atoms with Crippen LogP contribution in [-0.4, -0.2) is 12.7 Å². The van der Waals surface area contributed by atoms with Crippen molar-refractivity contribution in [2.45, 2.75) is 115 Å². The highest BCUT2D eigenvalue weighted by molar-refractivity contribution is 4.74. The van der Waals surface area contributed by atoms with Crippen LogP contribution in [-0.2, 0) is 4.74 Å². The summed E-state index contributed by atoms with van der Waals surface area (Å²) < 4.78 is 6.03. The number of unbranched alkanes of at least 4 members (excludes halogenated alkanes) is 11. The topological polar surface area (TPSA) is 9.23 Å². The minimum absolute atomic E-state index is 0.558. The molecule has 0 spiro atoms. The van der Waals surface area contributed by atoms with Gasteiger partial charge < -0.3 is 4.74 Å². The highest BCUT2D eigenvalue weighted by atomic mass is 16.5. The molecule has 1 fully saturated rings. The Kier molecular flexibility index (Phi) is 14.4. The van der Waals surface area contributed by atoms with E-state index in [0.717, 1.165) is 13.0 Å². The Morgan fingerprint density at radius 3 is 1.95 bits per heavy atom. The second kappa shape index (κ2) is 15.8. The average molecular weight is 309 g/mol. The molecule has 0 aromatic heterocycles. The van der Waals surface area contributed by atoms with E-state index in [1.54, 1.807) is 0 Å². The van der Waals surface area contributed by atoms with Gasteiger partial charge in [0.2, 0.25) is 0 Å². The first-order chi connectivity index (χ1) is 10.9. The van der Waals surface area contributed by atoms with Crippen molar-refractivity contribution in [3.63, 3.8) is 0 Å². The second-order valence-electron chi connectivity index (χ2n) is 7.03. The van der Waals surface area contributed by atoms with E-state index in [-0.39, 0.29) is 0 Å². The van der Waals surface area contributed by atoms with Crippen LogP contribution in [0.25, 0.3) is 0 Å². The molecule has 1 nitrogen and oxygen atoms in total. The van der Waals surface area contributed by atoms with E-state index in [4.69, 9.17) is 4.74 Å². The molecule has 2 radical (unpaired) electrons. The summed E-state index contributed by atoms with van der Waals surface area (Å²) in [5.74, 6) is 0. The van der Waals surface area contributed by atoms with E-state index in [0.29, 0.717) is 6.10 Å². The van der Waals surface area contributed by atoms with Gasteiger partial charge in [0.15, 0.2) is 0 Å². The zero-order valence-corrected chi connectivity index (χ0v) is 15.0. The Balaban J connectivity index is 1.72. The third-order valence-corrected chi connectivity index (χ3v) is 4.88. The summed E-state index contributed by atoms with van der Waals surface area (Å²) in [5, 5.41) is 0. The molecule has 1 aliphatic rings. The minimum atomic E-state index is 0.558.